The van der Waals surface area contributed by atoms with Crippen LogP contribution in [0, 0.1) is 5.92 Å². The Kier molecular flexibility index (Phi) is 20.5. The number of hydrogen-bond acceptors (Lipinski definition) is 8. The van der Waals surface area contributed by atoms with Crippen molar-refractivity contribution in [2.75, 3.05) is 13.7 Å². The Morgan fingerprint density at radius 2 is 1.22 bits per heavy atom. The molecule has 1 aliphatic heterocycles. The molecule has 0 aromatic heterocycles. The van der Waals surface area contributed by atoms with Crippen LogP contribution in [0.15, 0.2) is 133 Å². The average molecular weight is 998 g/mol. The first-order valence-corrected chi connectivity index (χ1v) is 32.8. The van der Waals surface area contributed by atoms with Gasteiger partial charge >= 0.3 is 5.97 Å². The molecule has 0 radical (unpaired) electrons. The van der Waals surface area contributed by atoms with E-state index in [9.17, 15) is 4.79 Å². The summed E-state index contributed by atoms with van der Waals surface area (Å²) in [7, 11) is -5.40. The van der Waals surface area contributed by atoms with Crippen LogP contribution in [-0.4, -0.2) is 68.7 Å². The van der Waals surface area contributed by atoms with E-state index >= 15 is 0 Å². The summed E-state index contributed by atoms with van der Waals surface area (Å²) < 4.78 is 45.2. The molecule has 1 aliphatic rings. The van der Waals surface area contributed by atoms with Crippen LogP contribution in [0.5, 0.6) is 5.75 Å². The van der Waals surface area contributed by atoms with Crippen LogP contribution in [0.2, 0.25) is 41.3 Å². The fraction of sp³-hybridized carbons (Fsp3) is 0.534. The summed E-state index contributed by atoms with van der Waals surface area (Å²) in [5.41, 5.74) is 1.08. The smallest absolute Gasteiger partial charge is 0.337 e. The topological polar surface area (TPSA) is 81.7 Å². The highest BCUT2D eigenvalue weighted by atomic mass is 28.4. The quantitative estimate of drug-likeness (QED) is 0.0380. The third-order valence-corrected chi connectivity index (χ3v) is 28.2. The van der Waals surface area contributed by atoms with Crippen molar-refractivity contribution in [3.63, 3.8) is 0 Å². The van der Waals surface area contributed by atoms with Gasteiger partial charge in [0, 0.05) is 20.3 Å². The van der Waals surface area contributed by atoms with Gasteiger partial charge in [0.25, 0.3) is 8.32 Å². The van der Waals surface area contributed by atoms with Gasteiger partial charge < -0.3 is 32.2 Å². The molecule has 4 rings (SSSR count). The maximum Gasteiger partial charge on any atom is 0.337 e. The molecule has 1 heterocycles. The summed E-state index contributed by atoms with van der Waals surface area (Å²) in [6, 6.07) is 29.6. The normalized spacial score (nSPS) is 17.1. The molecule has 0 unspecified atom stereocenters. The molecular weight excluding hydrogens is 909 g/mol. The number of rotatable bonds is 24. The van der Waals surface area contributed by atoms with Crippen molar-refractivity contribution in [3.8, 4) is 5.75 Å². The molecule has 3 aromatic carbocycles. The van der Waals surface area contributed by atoms with Crippen LogP contribution < -0.4 is 15.1 Å². The first kappa shape index (κ1) is 57.8. The highest BCUT2D eigenvalue weighted by Gasteiger charge is 2.50. The summed E-state index contributed by atoms with van der Waals surface area (Å²) in [6.45, 7) is 36.5. The molecule has 11 heteroatoms. The van der Waals surface area contributed by atoms with Crippen LogP contribution in [-0.2, 0) is 38.9 Å². The third kappa shape index (κ3) is 16.9. The van der Waals surface area contributed by atoms with E-state index in [4.69, 9.17) is 32.2 Å². The fourth-order valence-corrected chi connectivity index (χ4v) is 15.4. The van der Waals surface area contributed by atoms with Crippen LogP contribution in [0.1, 0.15) is 114 Å². The number of allylic oxidation sites excluding steroid dienone is 3. The van der Waals surface area contributed by atoms with E-state index in [1.54, 1.807) is 21.0 Å². The Bertz CT molecular complexity index is 2120. The average Bonchev–Trinajstić information content (AvgIpc) is 3.24. The Morgan fingerprint density at radius 1 is 0.667 bits per heavy atom. The molecular formula is C58H88O8Si3. The Morgan fingerprint density at radius 3 is 1.72 bits per heavy atom. The monoisotopic (exact) mass is 997 g/mol. The van der Waals surface area contributed by atoms with Crippen LogP contribution in [0.3, 0.4) is 0 Å². The molecule has 0 saturated heterocycles. The number of esters is 1. The second-order valence-electron chi connectivity index (χ2n) is 23.3. The minimum Gasteiger partial charge on any atom is -0.497 e. The van der Waals surface area contributed by atoms with E-state index in [0.717, 1.165) is 17.7 Å². The van der Waals surface area contributed by atoms with E-state index in [1.807, 2.05) is 12.1 Å². The third-order valence-electron chi connectivity index (χ3n) is 14.1. The largest absolute Gasteiger partial charge is 0.497 e. The Labute approximate surface area is 421 Å². The Hall–Kier alpha value is -3.82. The lowest BCUT2D eigenvalue weighted by Crippen LogP contribution is -2.66. The predicted octanol–water partition coefficient (Wildman–Crippen LogP) is 14.0. The summed E-state index contributed by atoms with van der Waals surface area (Å²) in [5.74, 6) is 0.146. The highest BCUT2D eigenvalue weighted by Crippen LogP contribution is 2.42. The molecule has 0 bridgehead atoms. The van der Waals surface area contributed by atoms with Gasteiger partial charge in [-0.05, 0) is 94.6 Å². The van der Waals surface area contributed by atoms with Crippen molar-refractivity contribution >= 4 is 41.3 Å². The van der Waals surface area contributed by atoms with E-state index in [-0.39, 0.29) is 39.3 Å². The van der Waals surface area contributed by atoms with Crippen LogP contribution in [0.4, 0.5) is 0 Å². The summed E-state index contributed by atoms with van der Waals surface area (Å²) in [6.07, 6.45) is 16.7. The summed E-state index contributed by atoms with van der Waals surface area (Å²) in [4.78, 5) is 12.6. The molecule has 0 amide bonds. The second-order valence-corrected chi connectivity index (χ2v) is 37.1. The van der Waals surface area contributed by atoms with Gasteiger partial charge in [-0.15, -0.1) is 0 Å². The van der Waals surface area contributed by atoms with Crippen molar-refractivity contribution in [1.82, 2.24) is 0 Å². The molecule has 8 nitrogen and oxygen atoms in total. The van der Waals surface area contributed by atoms with E-state index in [0.29, 0.717) is 38.2 Å². The van der Waals surface area contributed by atoms with Crippen molar-refractivity contribution in [3.05, 3.63) is 139 Å². The molecule has 0 N–H and O–H groups in total. The number of hydrogen-bond donors (Lipinski definition) is 0. The molecule has 0 spiro atoms. The zero-order valence-electron chi connectivity index (χ0n) is 45.4. The number of benzene rings is 3. The van der Waals surface area contributed by atoms with Gasteiger partial charge in [0.1, 0.15) is 11.5 Å². The number of carbonyl (C=O) groups excluding carboxylic acids is 1. The standard InChI is InChI=1S/C58H88O8Si3/c1-45(29-27-28-40-62-69(57(8,9)10,51-31-22-19-23-32-51)52-33-24-20-25-34-52)53(61-44-46-36-38-47(60-13)39-37-46)35-26-18-21-30-48(65-67(14,15)55(2,3)4)41-50(66-68(16,17)56(5,6)7)42-49-43-54(59)64-58(11,12)63-49/h18-28,31-39,43,45,48,50,53H,29-30,40-42,44H2,1-17H3/b21-18+,28-27+,35-26-/t45-,48-,50-,53-/m1/s1. The zero-order chi connectivity index (χ0) is 51.3. The number of methoxy groups -OCH3 is 1. The van der Waals surface area contributed by atoms with Gasteiger partial charge in [0.05, 0.1) is 44.7 Å². The van der Waals surface area contributed by atoms with Crippen molar-refractivity contribution < 1.29 is 37.0 Å². The van der Waals surface area contributed by atoms with Crippen LogP contribution in [0.25, 0.3) is 0 Å². The van der Waals surface area contributed by atoms with Crippen molar-refractivity contribution in [2.45, 2.75) is 181 Å². The Balaban J connectivity index is 1.57. The maximum atomic E-state index is 12.6. The van der Waals surface area contributed by atoms with E-state index in [1.165, 1.54) is 16.4 Å². The highest BCUT2D eigenvalue weighted by molar-refractivity contribution is 6.99. The van der Waals surface area contributed by atoms with Gasteiger partial charge in [-0.1, -0.05) is 178 Å². The minimum absolute atomic E-state index is 0.0110. The second kappa shape index (κ2) is 24.5. The minimum atomic E-state index is -2.65. The molecule has 3 aromatic rings. The van der Waals surface area contributed by atoms with Gasteiger partial charge in [0.2, 0.25) is 5.79 Å². The first-order chi connectivity index (χ1) is 32.1. The molecule has 4 atom stereocenters. The van der Waals surface area contributed by atoms with Gasteiger partial charge in [-0.25, -0.2) is 4.79 Å². The maximum absolute atomic E-state index is 12.6. The molecule has 0 aliphatic carbocycles. The lowest BCUT2D eigenvalue weighted by atomic mass is 9.99. The van der Waals surface area contributed by atoms with E-state index < -0.39 is 36.7 Å². The lowest BCUT2D eigenvalue weighted by molar-refractivity contribution is -0.206. The summed E-state index contributed by atoms with van der Waals surface area (Å²) >= 11 is 0. The fourth-order valence-electron chi connectivity index (χ4n) is 8.19. The molecule has 69 heavy (non-hydrogen) atoms. The van der Waals surface area contributed by atoms with Crippen molar-refractivity contribution in [2.24, 2.45) is 5.92 Å². The van der Waals surface area contributed by atoms with Gasteiger partial charge in [-0.3, -0.25) is 0 Å². The molecule has 0 fully saturated rings. The van der Waals surface area contributed by atoms with Gasteiger partial charge in [-0.2, -0.15) is 0 Å². The summed E-state index contributed by atoms with van der Waals surface area (Å²) in [5, 5.41) is 2.46. The number of carbonyl (C=O) groups is 1. The number of cyclic esters (lactones) is 1. The predicted molar refractivity (Wildman–Crippen MR) is 294 cm³/mol. The zero-order valence-corrected chi connectivity index (χ0v) is 48.4. The molecule has 0 saturated carbocycles. The van der Waals surface area contributed by atoms with E-state index in [2.05, 4.69) is 205 Å². The SMILES string of the molecule is COc1ccc(CO[C@H](/C=C\C=C\C[C@H](C[C@H](CC2=CC(=O)OC(C)(C)O2)O[Si](C)(C)C(C)(C)C)O[Si](C)(C)C(C)(C)C)[C@H](C)C/C=C/CO[Si](c2ccccc2)(c2ccccc2)C(C)(C)C)cc1. The van der Waals surface area contributed by atoms with Gasteiger partial charge in [0.15, 0.2) is 16.6 Å². The van der Waals surface area contributed by atoms with Crippen molar-refractivity contribution in [1.29, 1.82) is 0 Å². The first-order valence-electron chi connectivity index (χ1n) is 25.1. The lowest BCUT2D eigenvalue weighted by Gasteiger charge is -2.43. The number of ether oxygens (including phenoxy) is 4. The molecule has 380 valence electrons. The van der Waals surface area contributed by atoms with Crippen LogP contribution >= 0.6 is 0 Å².